The molecule has 0 N–H and O–H groups in total. The van der Waals surface area contributed by atoms with Crippen molar-refractivity contribution in [1.82, 2.24) is 0 Å². The number of hydrogen-bond acceptors (Lipinski definition) is 4. The Labute approximate surface area is 393 Å². The summed E-state index contributed by atoms with van der Waals surface area (Å²) < 4.78 is 0. The summed E-state index contributed by atoms with van der Waals surface area (Å²) >= 11 is 0. The zero-order valence-electron chi connectivity index (χ0n) is 38.4. The van der Waals surface area contributed by atoms with Gasteiger partial charge in [-0.1, -0.05) is 149 Å². The molecule has 0 spiro atoms. The fourth-order valence-corrected chi connectivity index (χ4v) is 10.4. The maximum atomic E-state index is 12.1. The van der Waals surface area contributed by atoms with Crippen LogP contribution in [0.1, 0.15) is 66.8 Å². The van der Waals surface area contributed by atoms with Crippen molar-refractivity contribution in [3.05, 3.63) is 232 Å². The van der Waals surface area contributed by atoms with Gasteiger partial charge in [0, 0.05) is 12.4 Å². The third-order valence-electron chi connectivity index (χ3n) is 10.6. The van der Waals surface area contributed by atoms with Gasteiger partial charge < -0.3 is 10.2 Å². The molecule has 0 heterocycles. The van der Waals surface area contributed by atoms with Gasteiger partial charge in [0.1, 0.15) is 15.9 Å². The van der Waals surface area contributed by atoms with E-state index in [0.29, 0.717) is 11.1 Å². The van der Waals surface area contributed by atoms with E-state index in [9.17, 15) is 10.2 Å². The van der Waals surface area contributed by atoms with E-state index in [-0.39, 0.29) is 28.0 Å². The van der Waals surface area contributed by atoms with Crippen molar-refractivity contribution in [3.8, 4) is 11.5 Å². The first kappa shape index (κ1) is 50.5. The second-order valence-corrected chi connectivity index (χ2v) is 18.6. The van der Waals surface area contributed by atoms with Gasteiger partial charge in [-0.15, -0.1) is 13.2 Å². The molecule has 0 aliphatic rings. The molecule has 0 radical (unpaired) electrons. The zero-order valence-corrected chi connectivity index (χ0v) is 40.4. The summed E-state index contributed by atoms with van der Waals surface area (Å²) in [6.45, 7) is 23.4. The summed E-state index contributed by atoms with van der Waals surface area (Å²) in [7, 11) is -0.877. The van der Waals surface area contributed by atoms with E-state index >= 15 is 0 Å². The molecule has 0 bridgehead atoms. The van der Waals surface area contributed by atoms with Gasteiger partial charge in [-0.05, 0) is 149 Å². The molecule has 0 atom stereocenters. The molecule has 7 rings (SSSR count). The molecule has 0 unspecified atom stereocenters. The maximum Gasteiger partial charge on any atom is 2.00 e. The normalized spacial score (nSPS) is 10.8. The number of hydrogen-bond donors (Lipinski definition) is 0. The molecule has 7 aromatic rings. The summed E-state index contributed by atoms with van der Waals surface area (Å²) in [6.07, 6.45) is 8.88. The van der Waals surface area contributed by atoms with E-state index in [0.717, 1.165) is 68.7 Å². The first-order valence-electron chi connectivity index (χ1n) is 21.4. The Hall–Kier alpha value is -6.12. The topological polar surface area (TPSA) is 70.8 Å². The SMILES string of the molecule is C=CCc1cc(C)c(N=Cc2cc(C)cc(C)c2[O-])c(C)c1.C=CCc1cc(C)c(N=Cc2cc(C)cc(C)c2[O-])c(C)c1.[Ni+2].c1ccc([PH+](c2ccccc2)c2ccccc2)cc1. The second-order valence-electron chi connectivity index (χ2n) is 16.1. The van der Waals surface area contributed by atoms with Gasteiger partial charge >= 0.3 is 16.5 Å². The molecule has 6 heteroatoms. The smallest absolute Gasteiger partial charge is 0.872 e. The fourth-order valence-electron chi connectivity index (χ4n) is 7.82. The molecule has 7 aromatic carbocycles. The molecule has 0 aliphatic carbocycles. The quantitative estimate of drug-likeness (QED) is 0.0561. The second kappa shape index (κ2) is 24.7. The van der Waals surface area contributed by atoms with Crippen molar-refractivity contribution in [2.24, 2.45) is 9.98 Å². The van der Waals surface area contributed by atoms with Gasteiger partial charge in [0.15, 0.2) is 0 Å². The van der Waals surface area contributed by atoms with Gasteiger partial charge in [-0.25, -0.2) is 0 Å². The third-order valence-corrected chi connectivity index (χ3v) is 13.3. The van der Waals surface area contributed by atoms with Crippen LogP contribution in [0.2, 0.25) is 0 Å². The summed E-state index contributed by atoms with van der Waals surface area (Å²) in [4.78, 5) is 9.14. The van der Waals surface area contributed by atoms with Crippen molar-refractivity contribution >= 4 is 47.6 Å². The fraction of sp³-hybridized carbons (Fsp3) is 0.172. The Morgan fingerprint density at radius 3 is 1.02 bits per heavy atom. The van der Waals surface area contributed by atoms with E-state index < -0.39 is 7.92 Å². The van der Waals surface area contributed by atoms with Crippen molar-refractivity contribution in [3.63, 3.8) is 0 Å². The average molecular weight is 907 g/mol. The first-order valence-corrected chi connectivity index (χ1v) is 22.9. The van der Waals surface area contributed by atoms with Crippen LogP contribution in [0.3, 0.4) is 0 Å². The first-order chi connectivity index (χ1) is 30.3. The number of aliphatic imine (C=N–C) groups is 2. The van der Waals surface area contributed by atoms with E-state index in [1.165, 1.54) is 27.0 Å². The zero-order chi connectivity index (χ0) is 45.5. The molecular formula is C58H60N2NiO2P+. The third kappa shape index (κ3) is 13.9. The minimum Gasteiger partial charge on any atom is -0.872 e. The molecule has 0 saturated carbocycles. The maximum absolute atomic E-state index is 12.1. The molecule has 0 fully saturated rings. The minimum absolute atomic E-state index is 0. The number of allylic oxidation sites excluding steroid dienone is 2. The number of benzene rings is 7. The van der Waals surface area contributed by atoms with Crippen molar-refractivity contribution in [1.29, 1.82) is 0 Å². The van der Waals surface area contributed by atoms with Crippen molar-refractivity contribution < 1.29 is 26.7 Å². The predicted octanol–water partition coefficient (Wildman–Crippen LogP) is 12.1. The monoisotopic (exact) mass is 905 g/mol. The molecule has 0 amide bonds. The van der Waals surface area contributed by atoms with Gasteiger partial charge in [0.2, 0.25) is 0 Å². The summed E-state index contributed by atoms with van der Waals surface area (Å²) in [5, 5.41) is 28.6. The summed E-state index contributed by atoms with van der Waals surface area (Å²) in [6, 6.07) is 48.6. The van der Waals surface area contributed by atoms with Gasteiger partial charge in [-0.3, -0.25) is 9.98 Å². The number of nitrogens with zero attached hydrogens (tertiary/aromatic N) is 2. The Morgan fingerprint density at radius 2 is 0.734 bits per heavy atom. The van der Waals surface area contributed by atoms with Gasteiger partial charge in [0.05, 0.1) is 19.3 Å². The van der Waals surface area contributed by atoms with Gasteiger partial charge in [-0.2, -0.15) is 0 Å². The summed E-state index contributed by atoms with van der Waals surface area (Å²) in [5.74, 6) is 0.0980. The van der Waals surface area contributed by atoms with Crippen LogP contribution in [0, 0.1) is 55.4 Å². The Morgan fingerprint density at radius 1 is 0.438 bits per heavy atom. The predicted molar refractivity (Wildman–Crippen MR) is 271 cm³/mol. The van der Waals surface area contributed by atoms with Gasteiger partial charge in [0.25, 0.3) is 0 Å². The molecule has 64 heavy (non-hydrogen) atoms. The number of rotatable bonds is 11. The minimum atomic E-state index is -0.877. The van der Waals surface area contributed by atoms with Crippen LogP contribution in [0.15, 0.2) is 175 Å². The van der Waals surface area contributed by atoms with E-state index in [1.807, 2.05) is 91.8 Å². The number of aryl methyl sites for hydroxylation is 8. The van der Waals surface area contributed by atoms with Crippen LogP contribution in [-0.4, -0.2) is 12.4 Å². The van der Waals surface area contributed by atoms with Crippen LogP contribution in [0.4, 0.5) is 11.4 Å². The summed E-state index contributed by atoms with van der Waals surface area (Å²) in [5.41, 5.74) is 13.8. The van der Waals surface area contributed by atoms with Crippen molar-refractivity contribution in [2.45, 2.75) is 68.2 Å². The molecule has 4 nitrogen and oxygen atoms in total. The molecular weight excluding hydrogens is 846 g/mol. The van der Waals surface area contributed by atoms with Crippen molar-refractivity contribution in [2.75, 3.05) is 0 Å². The van der Waals surface area contributed by atoms with E-state index in [4.69, 9.17) is 0 Å². The molecule has 0 aromatic heterocycles. The average Bonchev–Trinajstić information content (AvgIpc) is 3.25. The van der Waals surface area contributed by atoms with Crippen LogP contribution < -0.4 is 26.1 Å². The molecule has 0 saturated heterocycles. The van der Waals surface area contributed by atoms with Crippen LogP contribution in [0.25, 0.3) is 0 Å². The standard InChI is InChI=1S/2C20H23NO.C18H15P.Ni/c2*1-6-7-17-10-14(3)19(15(4)11-17)21-12-18-9-13(2)8-16(5)20(18)22;1-4-10-16(11-5-1)19(17-12-6-2-7-13-17)18-14-8-3-9-15-18;/h2*6,8-12,22H,1,7H2,2-5H3;1-15H;/q;;;+2/p-1. The van der Waals surface area contributed by atoms with E-state index in [1.54, 1.807) is 12.4 Å². The van der Waals surface area contributed by atoms with Crippen LogP contribution in [0.5, 0.6) is 11.5 Å². The Bertz CT molecular complexity index is 2440. The Kier molecular flexibility index (Phi) is 19.5. The molecule has 328 valence electrons. The van der Waals surface area contributed by atoms with E-state index in [2.05, 4.69) is 138 Å². The molecule has 0 aliphatic heterocycles. The largest absolute Gasteiger partial charge is 2.00 e. The Balaban J connectivity index is 0.000000209. The van der Waals surface area contributed by atoms with Crippen LogP contribution in [-0.2, 0) is 29.3 Å². The van der Waals surface area contributed by atoms with Crippen LogP contribution >= 0.6 is 7.92 Å².